The number of amides is 1. The van der Waals surface area contributed by atoms with Crippen molar-refractivity contribution in [3.05, 3.63) is 41.0 Å². The second kappa shape index (κ2) is 7.19. The first kappa shape index (κ1) is 17.6. The van der Waals surface area contributed by atoms with Gasteiger partial charge in [0.05, 0.1) is 16.1 Å². The van der Waals surface area contributed by atoms with Crippen LogP contribution in [0.3, 0.4) is 0 Å². The number of carbonyl (C=O) groups excluding carboxylic acids is 1. The molecule has 0 radical (unpaired) electrons. The molecule has 0 fully saturated rings. The zero-order valence-corrected chi connectivity index (χ0v) is 14.6. The Labute approximate surface area is 139 Å². The number of hydrogen-bond acceptors (Lipinski definition) is 4. The summed E-state index contributed by atoms with van der Waals surface area (Å²) in [5, 5.41) is -0.160. The van der Waals surface area contributed by atoms with E-state index in [0.29, 0.717) is 0 Å². The Morgan fingerprint density at radius 1 is 1.30 bits per heavy atom. The van der Waals surface area contributed by atoms with Crippen molar-refractivity contribution in [1.82, 2.24) is 10.3 Å². The number of hydroxylamine groups is 1. The smallest absolute Gasteiger partial charge is 0.270 e. The second-order valence-electron chi connectivity index (χ2n) is 6.61. The van der Waals surface area contributed by atoms with E-state index in [4.69, 9.17) is 4.84 Å². The number of rotatable bonds is 5. The number of thiazole rings is 1. The molecule has 1 amide bonds. The van der Waals surface area contributed by atoms with Crippen LogP contribution in [0.5, 0.6) is 0 Å². The van der Waals surface area contributed by atoms with E-state index in [-0.39, 0.29) is 23.7 Å². The summed E-state index contributed by atoms with van der Waals surface area (Å²) in [6, 6.07) is 7.60. The Morgan fingerprint density at radius 2 is 1.96 bits per heavy atom. The first-order chi connectivity index (χ1) is 10.8. The van der Waals surface area contributed by atoms with Gasteiger partial charge in [0.1, 0.15) is 6.61 Å². The molecular formula is C17H21FN2O2S. The fraction of sp³-hybridized carbons (Fsp3) is 0.412. The zero-order valence-electron chi connectivity index (χ0n) is 13.8. The van der Waals surface area contributed by atoms with Crippen LogP contribution in [0.2, 0.25) is 0 Å². The summed E-state index contributed by atoms with van der Waals surface area (Å²) >= 11 is 1.58. The molecule has 0 aliphatic rings. The summed E-state index contributed by atoms with van der Waals surface area (Å²) < 4.78 is 13.6. The lowest BCUT2D eigenvalue weighted by atomic mass is 9.92. The molecule has 124 valence electrons. The highest BCUT2D eigenvalue weighted by Crippen LogP contribution is 2.27. The molecule has 0 aliphatic heterocycles. The van der Waals surface area contributed by atoms with Gasteiger partial charge in [0.2, 0.25) is 0 Å². The van der Waals surface area contributed by atoms with E-state index in [1.807, 2.05) is 57.5 Å². The second-order valence-corrected chi connectivity index (χ2v) is 7.47. The van der Waals surface area contributed by atoms with Crippen molar-refractivity contribution in [2.45, 2.75) is 40.7 Å². The molecular weight excluding hydrogens is 315 g/mol. The number of hydrogen-bond donors (Lipinski definition) is 0. The minimum atomic E-state index is -0.672. The van der Waals surface area contributed by atoms with Crippen molar-refractivity contribution >= 4 is 17.2 Å². The summed E-state index contributed by atoms with van der Waals surface area (Å²) in [5.74, 6) is -0.672. The average Bonchev–Trinajstić information content (AvgIpc) is 2.89. The van der Waals surface area contributed by atoms with Crippen molar-refractivity contribution in [3.63, 3.8) is 0 Å². The number of aromatic nitrogens is 1. The van der Waals surface area contributed by atoms with E-state index in [0.717, 1.165) is 21.7 Å². The molecule has 0 aliphatic carbocycles. The van der Waals surface area contributed by atoms with Crippen LogP contribution in [-0.4, -0.2) is 16.2 Å². The molecule has 0 atom stereocenters. The molecule has 0 saturated carbocycles. The molecule has 1 heterocycles. The lowest BCUT2D eigenvalue weighted by Gasteiger charge is -2.19. The predicted octanol–water partition coefficient (Wildman–Crippen LogP) is 4.70. The maximum atomic E-state index is 13.6. The van der Waals surface area contributed by atoms with Gasteiger partial charge in [0, 0.05) is 6.42 Å². The highest BCUT2D eigenvalue weighted by atomic mass is 32.1. The molecule has 0 bridgehead atoms. The molecule has 0 unspecified atom stereocenters. The zero-order chi connectivity index (χ0) is 17.0. The summed E-state index contributed by atoms with van der Waals surface area (Å²) in [6.07, 6.45) is 0.0904. The monoisotopic (exact) mass is 336 g/mol. The molecule has 6 heteroatoms. The van der Waals surface area contributed by atoms with Crippen molar-refractivity contribution < 1.29 is 14.1 Å². The first-order valence-corrected chi connectivity index (χ1v) is 8.25. The maximum absolute atomic E-state index is 13.6. The van der Waals surface area contributed by atoms with Crippen LogP contribution < -0.4 is 0 Å². The number of aryl methyl sites for hydroxylation is 1. The Hall–Kier alpha value is -1.79. The quantitative estimate of drug-likeness (QED) is 0.587. The molecule has 2 aromatic rings. The van der Waals surface area contributed by atoms with Crippen LogP contribution in [0.25, 0.3) is 10.4 Å². The summed E-state index contributed by atoms with van der Waals surface area (Å²) in [7, 11) is 0. The standard InChI is InChI=1S/C17H21FN2O2S/c1-12-16(23-11-19-12)14-7-5-13(6-8-14)10-22-20(18)15(21)9-17(2,3)4/h5-8,11H,9-10H2,1-4H3. The molecule has 0 saturated heterocycles. The van der Waals surface area contributed by atoms with Crippen LogP contribution in [0.1, 0.15) is 38.4 Å². The van der Waals surface area contributed by atoms with E-state index < -0.39 is 5.91 Å². The Balaban J connectivity index is 1.92. The van der Waals surface area contributed by atoms with Gasteiger partial charge >= 0.3 is 0 Å². The summed E-state index contributed by atoms with van der Waals surface area (Å²) in [6.45, 7) is 7.59. The van der Waals surface area contributed by atoms with Gasteiger partial charge in [0.25, 0.3) is 5.91 Å². The minimum absolute atomic E-state index is 0.00827. The van der Waals surface area contributed by atoms with Gasteiger partial charge < -0.3 is 0 Å². The van der Waals surface area contributed by atoms with Crippen molar-refractivity contribution in [3.8, 4) is 10.4 Å². The summed E-state index contributed by atoms with van der Waals surface area (Å²) in [5.41, 5.74) is 4.38. The van der Waals surface area contributed by atoms with Crippen LogP contribution in [0.15, 0.2) is 29.8 Å². The highest BCUT2D eigenvalue weighted by molar-refractivity contribution is 7.13. The van der Waals surface area contributed by atoms with E-state index in [1.54, 1.807) is 11.3 Å². The van der Waals surface area contributed by atoms with E-state index in [1.165, 1.54) is 0 Å². The number of benzene rings is 1. The molecule has 1 aromatic heterocycles. The highest BCUT2D eigenvalue weighted by Gasteiger charge is 2.22. The molecule has 0 spiro atoms. The fourth-order valence-corrected chi connectivity index (χ4v) is 2.86. The van der Waals surface area contributed by atoms with Crippen LogP contribution in [0.4, 0.5) is 4.48 Å². The largest absolute Gasteiger partial charge is 0.279 e. The van der Waals surface area contributed by atoms with Gasteiger partial charge in [0.15, 0.2) is 0 Å². The topological polar surface area (TPSA) is 42.4 Å². The van der Waals surface area contributed by atoms with Crippen molar-refractivity contribution in [2.24, 2.45) is 5.41 Å². The molecule has 1 aromatic carbocycles. The number of halogens is 1. The van der Waals surface area contributed by atoms with Crippen molar-refractivity contribution in [1.29, 1.82) is 0 Å². The Morgan fingerprint density at radius 3 is 2.48 bits per heavy atom. The predicted molar refractivity (Wildman–Crippen MR) is 89.1 cm³/mol. The van der Waals surface area contributed by atoms with Crippen LogP contribution >= 0.6 is 11.3 Å². The van der Waals surface area contributed by atoms with Crippen LogP contribution in [0, 0.1) is 12.3 Å². The maximum Gasteiger partial charge on any atom is 0.279 e. The molecule has 23 heavy (non-hydrogen) atoms. The third kappa shape index (κ3) is 5.11. The van der Waals surface area contributed by atoms with Gasteiger partial charge in [-0.2, -0.15) is 0 Å². The fourth-order valence-electron chi connectivity index (χ4n) is 2.05. The number of nitrogens with zero attached hydrogens (tertiary/aromatic N) is 2. The normalized spacial score (nSPS) is 11.5. The molecule has 2 rings (SSSR count). The minimum Gasteiger partial charge on any atom is -0.270 e. The molecule has 0 N–H and O–H groups in total. The van der Waals surface area contributed by atoms with Gasteiger partial charge in [-0.1, -0.05) is 49.5 Å². The average molecular weight is 336 g/mol. The Kier molecular flexibility index (Phi) is 5.49. The SMILES string of the molecule is Cc1ncsc1-c1ccc(CON(F)C(=O)CC(C)(C)C)cc1. The third-order valence-corrected chi connectivity index (χ3v) is 4.16. The van der Waals surface area contributed by atoms with Gasteiger partial charge in [-0.15, -0.1) is 11.3 Å². The summed E-state index contributed by atoms with van der Waals surface area (Å²) in [4.78, 5) is 21.9. The van der Waals surface area contributed by atoms with Gasteiger partial charge in [-0.05, 0) is 28.8 Å². The first-order valence-electron chi connectivity index (χ1n) is 7.37. The van der Waals surface area contributed by atoms with E-state index in [9.17, 15) is 9.28 Å². The van der Waals surface area contributed by atoms with Gasteiger partial charge in [-0.3, -0.25) is 4.79 Å². The third-order valence-electron chi connectivity index (χ3n) is 3.18. The van der Waals surface area contributed by atoms with Crippen molar-refractivity contribution in [2.75, 3.05) is 0 Å². The number of carbonyl (C=O) groups is 1. The van der Waals surface area contributed by atoms with Crippen LogP contribution in [-0.2, 0) is 16.2 Å². The lowest BCUT2D eigenvalue weighted by Crippen LogP contribution is -2.27. The van der Waals surface area contributed by atoms with E-state index >= 15 is 0 Å². The molecule has 4 nitrogen and oxygen atoms in total. The Bertz CT molecular complexity index is 662. The van der Waals surface area contributed by atoms with E-state index in [2.05, 4.69) is 4.98 Å². The lowest BCUT2D eigenvalue weighted by molar-refractivity contribution is -0.272. The van der Waals surface area contributed by atoms with Gasteiger partial charge in [-0.25, -0.2) is 9.82 Å².